The van der Waals surface area contributed by atoms with Crippen LogP contribution in [0.4, 0.5) is 0 Å². The Morgan fingerprint density at radius 2 is 1.95 bits per heavy atom. The second-order valence-electron chi connectivity index (χ2n) is 3.69. The van der Waals surface area contributed by atoms with Crippen LogP contribution in [-0.2, 0) is 0 Å². The third-order valence-corrected chi connectivity index (χ3v) is 3.10. The smallest absolute Gasteiger partial charge is 0.251 e. The van der Waals surface area contributed by atoms with Gasteiger partial charge in [-0.15, -0.1) is 0 Å². The fourth-order valence-corrected chi connectivity index (χ4v) is 2.14. The summed E-state index contributed by atoms with van der Waals surface area (Å²) in [6.07, 6.45) is 1.35. The second-order valence-corrected chi connectivity index (χ2v) is 4.65. The van der Waals surface area contributed by atoms with Crippen LogP contribution in [0.3, 0.4) is 0 Å². The average Bonchev–Trinajstić information content (AvgIpc) is 2.35. The molecule has 0 fully saturated rings. The maximum absolute atomic E-state index is 11.8. The predicted molar refractivity (Wildman–Crippen MR) is 69.7 cm³/mol. The Hall–Kier alpha value is -2.28. The van der Waals surface area contributed by atoms with Crippen molar-refractivity contribution in [1.29, 1.82) is 0 Å². The zero-order chi connectivity index (χ0) is 13.8. The van der Waals surface area contributed by atoms with Gasteiger partial charge in [-0.1, -0.05) is 11.8 Å². The van der Waals surface area contributed by atoms with Crippen molar-refractivity contribution in [1.82, 2.24) is 9.97 Å². The van der Waals surface area contributed by atoms with Gasteiger partial charge in [0.25, 0.3) is 5.56 Å². The summed E-state index contributed by atoms with van der Waals surface area (Å²) < 4.78 is 0. The van der Waals surface area contributed by atoms with E-state index in [1.165, 1.54) is 24.4 Å². The number of nitrogens with zero attached hydrogens (tertiary/aromatic N) is 1. The zero-order valence-electron chi connectivity index (χ0n) is 9.66. The van der Waals surface area contributed by atoms with E-state index in [2.05, 4.69) is 9.97 Å². The van der Waals surface area contributed by atoms with Crippen LogP contribution in [0.2, 0.25) is 0 Å². The number of H-pyrrole nitrogens is 1. The van der Waals surface area contributed by atoms with Crippen LogP contribution in [0.15, 0.2) is 40.4 Å². The standard InChI is InChI=1S/C12H10N2O4S/c15-8-3-7(4-9(16)5-8)10(17)6-19-12-13-2-1-11(18)14-12/h1-5,15-16H,6H2,(H,13,14,18). The van der Waals surface area contributed by atoms with Gasteiger partial charge in [-0.2, -0.15) is 0 Å². The molecule has 0 saturated carbocycles. The van der Waals surface area contributed by atoms with Gasteiger partial charge in [0.05, 0.1) is 5.75 Å². The Bertz CT molecular complexity index is 649. The minimum Gasteiger partial charge on any atom is -0.508 e. The van der Waals surface area contributed by atoms with E-state index < -0.39 is 0 Å². The van der Waals surface area contributed by atoms with Crippen molar-refractivity contribution in [3.63, 3.8) is 0 Å². The van der Waals surface area contributed by atoms with Crippen LogP contribution in [-0.4, -0.2) is 31.7 Å². The number of aromatic nitrogens is 2. The number of carbonyl (C=O) groups is 1. The molecule has 0 aliphatic rings. The van der Waals surface area contributed by atoms with E-state index in [4.69, 9.17) is 0 Å². The van der Waals surface area contributed by atoms with Gasteiger partial charge in [0, 0.05) is 23.9 Å². The van der Waals surface area contributed by atoms with Gasteiger partial charge in [-0.25, -0.2) is 4.98 Å². The number of phenols is 2. The van der Waals surface area contributed by atoms with Gasteiger partial charge < -0.3 is 15.2 Å². The third-order valence-electron chi connectivity index (χ3n) is 2.21. The first-order valence-electron chi connectivity index (χ1n) is 5.29. The second kappa shape index (κ2) is 5.57. The number of thioether (sulfide) groups is 1. The van der Waals surface area contributed by atoms with Crippen molar-refractivity contribution in [2.45, 2.75) is 5.16 Å². The lowest BCUT2D eigenvalue weighted by molar-refractivity contribution is 0.102. The summed E-state index contributed by atoms with van der Waals surface area (Å²) in [6.45, 7) is 0. The summed E-state index contributed by atoms with van der Waals surface area (Å²) in [5.74, 6) is -0.613. The lowest BCUT2D eigenvalue weighted by Gasteiger charge is -2.02. The Morgan fingerprint density at radius 1 is 1.26 bits per heavy atom. The Labute approximate surface area is 112 Å². The summed E-state index contributed by atoms with van der Waals surface area (Å²) in [5, 5.41) is 18.9. The third kappa shape index (κ3) is 3.59. The van der Waals surface area contributed by atoms with Gasteiger partial charge in [0.1, 0.15) is 11.5 Å². The topological polar surface area (TPSA) is 103 Å². The lowest BCUT2D eigenvalue weighted by atomic mass is 10.1. The minimum atomic E-state index is -0.292. The first-order chi connectivity index (χ1) is 9.04. The molecule has 0 amide bonds. The normalized spacial score (nSPS) is 10.3. The van der Waals surface area contributed by atoms with Crippen molar-refractivity contribution < 1.29 is 15.0 Å². The van der Waals surface area contributed by atoms with Gasteiger partial charge in [-0.3, -0.25) is 9.59 Å². The Kier molecular flexibility index (Phi) is 3.86. The molecule has 0 atom stereocenters. The van der Waals surface area contributed by atoms with Crippen LogP contribution in [0, 0.1) is 0 Å². The monoisotopic (exact) mass is 278 g/mol. The zero-order valence-corrected chi connectivity index (χ0v) is 10.5. The highest BCUT2D eigenvalue weighted by Gasteiger charge is 2.10. The number of Topliss-reactive ketones (excluding diaryl/α,β-unsaturated/α-hetero) is 1. The maximum Gasteiger partial charge on any atom is 0.251 e. The molecule has 7 heteroatoms. The van der Waals surface area contributed by atoms with E-state index in [1.54, 1.807) is 0 Å². The van der Waals surface area contributed by atoms with Crippen LogP contribution in [0.1, 0.15) is 10.4 Å². The number of carbonyl (C=O) groups excluding carboxylic acids is 1. The van der Waals surface area contributed by atoms with E-state index in [9.17, 15) is 19.8 Å². The number of benzene rings is 1. The SMILES string of the molecule is O=C(CSc1nccc(=O)[nH]1)c1cc(O)cc(O)c1. The van der Waals surface area contributed by atoms with E-state index in [0.29, 0.717) is 5.16 Å². The fraction of sp³-hybridized carbons (Fsp3) is 0.0833. The summed E-state index contributed by atoms with van der Waals surface area (Å²) in [5.41, 5.74) is -0.0942. The van der Waals surface area contributed by atoms with Crippen LogP contribution >= 0.6 is 11.8 Å². The largest absolute Gasteiger partial charge is 0.508 e. The number of nitrogens with one attached hydrogen (secondary N) is 1. The minimum absolute atomic E-state index is 0.0375. The van der Waals surface area contributed by atoms with E-state index in [-0.39, 0.29) is 34.2 Å². The molecular formula is C12H10N2O4S. The first-order valence-corrected chi connectivity index (χ1v) is 6.27. The van der Waals surface area contributed by atoms with Gasteiger partial charge in [0.15, 0.2) is 10.9 Å². The van der Waals surface area contributed by atoms with Crippen molar-refractivity contribution in [3.8, 4) is 11.5 Å². The molecule has 0 aliphatic carbocycles. The highest BCUT2D eigenvalue weighted by molar-refractivity contribution is 7.99. The molecule has 1 aromatic heterocycles. The molecule has 98 valence electrons. The van der Waals surface area contributed by atoms with Crippen LogP contribution in [0.25, 0.3) is 0 Å². The summed E-state index contributed by atoms with van der Waals surface area (Å²) in [4.78, 5) is 29.3. The molecule has 1 heterocycles. The van der Waals surface area contributed by atoms with Crippen molar-refractivity contribution >= 4 is 17.5 Å². The van der Waals surface area contributed by atoms with Crippen molar-refractivity contribution in [3.05, 3.63) is 46.4 Å². The number of hydrogen-bond acceptors (Lipinski definition) is 6. The molecular weight excluding hydrogens is 268 g/mol. The highest BCUT2D eigenvalue weighted by atomic mass is 32.2. The van der Waals surface area contributed by atoms with Gasteiger partial charge in [-0.05, 0) is 12.1 Å². The molecule has 2 aromatic rings. The van der Waals surface area contributed by atoms with E-state index in [1.807, 2.05) is 0 Å². The number of aromatic amines is 1. The first kappa shape index (κ1) is 13.2. The van der Waals surface area contributed by atoms with Crippen LogP contribution < -0.4 is 5.56 Å². The molecule has 6 nitrogen and oxygen atoms in total. The van der Waals surface area contributed by atoms with Crippen molar-refractivity contribution in [2.75, 3.05) is 5.75 Å². The number of rotatable bonds is 4. The number of aromatic hydroxyl groups is 2. The fourth-order valence-electron chi connectivity index (χ4n) is 1.40. The van der Waals surface area contributed by atoms with E-state index >= 15 is 0 Å². The quantitative estimate of drug-likeness (QED) is 0.440. The molecule has 1 aromatic carbocycles. The predicted octanol–water partition coefficient (Wildman–Crippen LogP) is 1.16. The molecule has 0 spiro atoms. The van der Waals surface area contributed by atoms with Gasteiger partial charge >= 0.3 is 0 Å². The molecule has 0 radical (unpaired) electrons. The lowest BCUT2D eigenvalue weighted by Crippen LogP contribution is -2.07. The molecule has 3 N–H and O–H groups in total. The molecule has 0 aliphatic heterocycles. The molecule has 0 saturated heterocycles. The summed E-state index contributed by atoms with van der Waals surface area (Å²) in [7, 11) is 0. The Balaban J connectivity index is 2.07. The number of hydrogen-bond donors (Lipinski definition) is 3. The summed E-state index contributed by atoms with van der Waals surface area (Å²) in [6, 6.07) is 4.95. The number of ketones is 1. The highest BCUT2D eigenvalue weighted by Crippen LogP contribution is 2.22. The summed E-state index contributed by atoms with van der Waals surface area (Å²) >= 11 is 1.07. The maximum atomic E-state index is 11.8. The molecule has 19 heavy (non-hydrogen) atoms. The van der Waals surface area contributed by atoms with Gasteiger partial charge in [0.2, 0.25) is 0 Å². The van der Waals surface area contributed by atoms with Crippen LogP contribution in [0.5, 0.6) is 11.5 Å². The average molecular weight is 278 g/mol. The molecule has 0 unspecified atom stereocenters. The Morgan fingerprint density at radius 3 is 2.58 bits per heavy atom. The molecule has 2 rings (SSSR count). The van der Waals surface area contributed by atoms with E-state index in [0.717, 1.165) is 17.8 Å². The van der Waals surface area contributed by atoms with Crippen molar-refractivity contribution in [2.24, 2.45) is 0 Å². The number of phenolic OH excluding ortho intramolecular Hbond substituents is 2. The molecule has 0 bridgehead atoms.